The third kappa shape index (κ3) is 6.21. The Hall–Kier alpha value is -3.07. The number of methoxy groups -OCH3 is 1. The molecule has 0 saturated heterocycles. The second-order valence-corrected chi connectivity index (χ2v) is 6.40. The normalized spacial score (nSPS) is 12.3. The number of carbonyl (C=O) groups excluding carboxylic acids is 1. The van der Waals surface area contributed by atoms with Crippen LogP contribution in [0.5, 0.6) is 5.75 Å². The average molecular weight is 425 g/mol. The van der Waals surface area contributed by atoms with Gasteiger partial charge in [-0.3, -0.25) is 4.79 Å². The Balaban J connectivity index is 2.12. The molecule has 2 aromatic carbocycles. The smallest absolute Gasteiger partial charge is 0.416 e. The van der Waals surface area contributed by atoms with Crippen molar-refractivity contribution in [2.24, 2.45) is 0 Å². The van der Waals surface area contributed by atoms with Crippen LogP contribution in [0.15, 0.2) is 42.5 Å². The van der Waals surface area contributed by atoms with Crippen LogP contribution in [-0.2, 0) is 28.7 Å². The van der Waals surface area contributed by atoms with Crippen molar-refractivity contribution in [1.29, 1.82) is 0 Å². The van der Waals surface area contributed by atoms with Gasteiger partial charge in [-0.05, 0) is 42.3 Å². The lowest BCUT2D eigenvalue weighted by Crippen LogP contribution is -2.27. The van der Waals surface area contributed by atoms with E-state index in [1.807, 2.05) is 0 Å². The van der Waals surface area contributed by atoms with Gasteiger partial charge in [0.05, 0.1) is 18.2 Å². The van der Waals surface area contributed by atoms with Crippen molar-refractivity contribution in [3.8, 4) is 5.75 Å². The molecule has 2 aromatic rings. The highest BCUT2D eigenvalue weighted by Crippen LogP contribution is 2.29. The van der Waals surface area contributed by atoms with Gasteiger partial charge >= 0.3 is 12.1 Å². The van der Waals surface area contributed by atoms with E-state index in [4.69, 9.17) is 9.47 Å². The Kier molecular flexibility index (Phi) is 7.82. The summed E-state index contributed by atoms with van der Waals surface area (Å²) in [6.07, 6.45) is -5.41. The number of amides is 1. The SMILES string of the molecule is CCOC(Cc1ccc(OC)c(C(=O)NCc2ccc(C(F)(F)F)cc2)c1)C(=O)O. The zero-order chi connectivity index (χ0) is 22.3. The molecule has 0 bridgehead atoms. The van der Waals surface area contributed by atoms with Crippen LogP contribution >= 0.6 is 0 Å². The van der Waals surface area contributed by atoms with Gasteiger partial charge in [0.1, 0.15) is 5.75 Å². The monoisotopic (exact) mass is 425 g/mol. The van der Waals surface area contributed by atoms with Crippen LogP contribution in [0.4, 0.5) is 13.2 Å². The van der Waals surface area contributed by atoms with Crippen LogP contribution in [0.25, 0.3) is 0 Å². The second-order valence-electron chi connectivity index (χ2n) is 6.40. The molecule has 0 saturated carbocycles. The minimum Gasteiger partial charge on any atom is -0.496 e. The molecule has 162 valence electrons. The summed E-state index contributed by atoms with van der Waals surface area (Å²) < 4.78 is 48.3. The summed E-state index contributed by atoms with van der Waals surface area (Å²) in [4.78, 5) is 23.9. The number of hydrogen-bond acceptors (Lipinski definition) is 4. The van der Waals surface area contributed by atoms with Gasteiger partial charge in [0.25, 0.3) is 5.91 Å². The maximum Gasteiger partial charge on any atom is 0.416 e. The first kappa shape index (κ1) is 23.2. The van der Waals surface area contributed by atoms with Gasteiger partial charge in [-0.15, -0.1) is 0 Å². The minimum atomic E-state index is -4.43. The van der Waals surface area contributed by atoms with E-state index in [0.29, 0.717) is 11.1 Å². The number of nitrogens with one attached hydrogen (secondary N) is 1. The molecular weight excluding hydrogens is 403 g/mol. The number of halogens is 3. The topological polar surface area (TPSA) is 84.9 Å². The zero-order valence-corrected chi connectivity index (χ0v) is 16.5. The van der Waals surface area contributed by atoms with E-state index >= 15 is 0 Å². The van der Waals surface area contributed by atoms with E-state index in [0.717, 1.165) is 12.1 Å². The number of rotatable bonds is 9. The van der Waals surface area contributed by atoms with Crippen molar-refractivity contribution in [2.75, 3.05) is 13.7 Å². The lowest BCUT2D eigenvalue weighted by molar-refractivity contribution is -0.150. The van der Waals surface area contributed by atoms with Gasteiger partial charge in [0.2, 0.25) is 0 Å². The van der Waals surface area contributed by atoms with Gasteiger partial charge in [-0.25, -0.2) is 4.79 Å². The maximum absolute atomic E-state index is 12.6. The minimum absolute atomic E-state index is 0.0149. The quantitative estimate of drug-likeness (QED) is 0.640. The van der Waals surface area contributed by atoms with Crippen LogP contribution in [0.1, 0.15) is 34.0 Å². The number of carbonyl (C=O) groups is 2. The van der Waals surface area contributed by atoms with E-state index in [1.165, 1.54) is 25.3 Å². The molecule has 0 spiro atoms. The standard InChI is InChI=1S/C21H22F3NO5/c1-3-30-18(20(27)28)11-14-6-9-17(29-2)16(10-14)19(26)25-12-13-4-7-15(8-5-13)21(22,23)24/h4-10,18H,3,11-12H2,1-2H3,(H,25,26)(H,27,28). The van der Waals surface area contributed by atoms with Crippen molar-refractivity contribution in [3.05, 3.63) is 64.7 Å². The molecular formula is C21H22F3NO5. The molecule has 0 heterocycles. The summed E-state index contributed by atoms with van der Waals surface area (Å²) in [7, 11) is 1.39. The molecule has 9 heteroatoms. The number of carboxylic acid groups (broad SMARTS) is 1. The van der Waals surface area contributed by atoms with E-state index in [1.54, 1.807) is 19.1 Å². The lowest BCUT2D eigenvalue weighted by atomic mass is 10.0. The molecule has 0 aliphatic carbocycles. The molecule has 1 unspecified atom stereocenters. The van der Waals surface area contributed by atoms with Gasteiger partial charge < -0.3 is 19.9 Å². The summed E-state index contributed by atoms with van der Waals surface area (Å²) in [6.45, 7) is 1.93. The van der Waals surface area contributed by atoms with E-state index < -0.39 is 29.7 Å². The average Bonchev–Trinajstić information content (AvgIpc) is 2.71. The van der Waals surface area contributed by atoms with Crippen LogP contribution in [0.2, 0.25) is 0 Å². The molecule has 1 amide bonds. The largest absolute Gasteiger partial charge is 0.496 e. The van der Waals surface area contributed by atoms with Crippen molar-refractivity contribution in [3.63, 3.8) is 0 Å². The predicted octanol–water partition coefficient (Wildman–Crippen LogP) is 3.68. The van der Waals surface area contributed by atoms with Gasteiger partial charge in [-0.2, -0.15) is 13.2 Å². The molecule has 0 aromatic heterocycles. The number of benzene rings is 2. The van der Waals surface area contributed by atoms with Gasteiger partial charge in [0.15, 0.2) is 6.10 Å². The van der Waals surface area contributed by atoms with Crippen LogP contribution < -0.4 is 10.1 Å². The Morgan fingerprint density at radius 2 is 1.73 bits per heavy atom. The first-order valence-electron chi connectivity index (χ1n) is 9.11. The number of aliphatic carboxylic acids is 1. The maximum atomic E-state index is 12.6. The molecule has 0 radical (unpaired) electrons. The van der Waals surface area contributed by atoms with Gasteiger partial charge in [0, 0.05) is 19.6 Å². The fraction of sp³-hybridized carbons (Fsp3) is 0.333. The zero-order valence-electron chi connectivity index (χ0n) is 16.5. The second kappa shape index (κ2) is 10.1. The molecule has 2 rings (SSSR count). The molecule has 6 nitrogen and oxygen atoms in total. The first-order chi connectivity index (χ1) is 14.2. The third-order valence-corrected chi connectivity index (χ3v) is 4.31. The van der Waals surface area contributed by atoms with Crippen LogP contribution in [-0.4, -0.2) is 36.8 Å². The van der Waals surface area contributed by atoms with E-state index in [9.17, 15) is 27.9 Å². The van der Waals surface area contributed by atoms with Crippen molar-refractivity contribution in [2.45, 2.75) is 32.2 Å². The summed E-state index contributed by atoms with van der Waals surface area (Å²) in [6, 6.07) is 9.17. The highest BCUT2D eigenvalue weighted by Gasteiger charge is 2.30. The number of hydrogen-bond donors (Lipinski definition) is 2. The van der Waals surface area contributed by atoms with Crippen LogP contribution in [0, 0.1) is 0 Å². The number of alkyl halides is 3. The highest BCUT2D eigenvalue weighted by molar-refractivity contribution is 5.97. The summed E-state index contributed by atoms with van der Waals surface area (Å²) in [5.74, 6) is -1.33. The molecule has 0 aliphatic rings. The molecule has 1 atom stereocenters. The lowest BCUT2D eigenvalue weighted by Gasteiger charge is -2.15. The van der Waals surface area contributed by atoms with E-state index in [-0.39, 0.29) is 30.9 Å². The Labute approximate surface area is 171 Å². The Morgan fingerprint density at radius 3 is 2.27 bits per heavy atom. The van der Waals surface area contributed by atoms with E-state index in [2.05, 4.69) is 5.32 Å². The number of carboxylic acids is 1. The van der Waals surface area contributed by atoms with Crippen molar-refractivity contribution < 1.29 is 37.3 Å². The van der Waals surface area contributed by atoms with Gasteiger partial charge in [-0.1, -0.05) is 18.2 Å². The third-order valence-electron chi connectivity index (χ3n) is 4.31. The summed E-state index contributed by atoms with van der Waals surface area (Å²) >= 11 is 0. The Bertz CT molecular complexity index is 881. The molecule has 0 fully saturated rings. The molecule has 30 heavy (non-hydrogen) atoms. The van der Waals surface area contributed by atoms with Crippen LogP contribution in [0.3, 0.4) is 0 Å². The number of ether oxygens (including phenoxy) is 2. The molecule has 2 N–H and O–H groups in total. The summed E-state index contributed by atoms with van der Waals surface area (Å²) in [5, 5.41) is 11.9. The van der Waals surface area contributed by atoms with Crippen molar-refractivity contribution in [1.82, 2.24) is 5.32 Å². The fourth-order valence-electron chi connectivity index (χ4n) is 2.78. The summed E-state index contributed by atoms with van der Waals surface area (Å²) in [5.41, 5.74) is 0.474. The van der Waals surface area contributed by atoms with Crippen molar-refractivity contribution >= 4 is 11.9 Å². The Morgan fingerprint density at radius 1 is 1.10 bits per heavy atom. The molecule has 0 aliphatic heterocycles. The fourth-order valence-corrected chi connectivity index (χ4v) is 2.78. The predicted molar refractivity (Wildman–Crippen MR) is 102 cm³/mol. The first-order valence-corrected chi connectivity index (χ1v) is 9.11. The highest BCUT2D eigenvalue weighted by atomic mass is 19.4.